The van der Waals surface area contributed by atoms with Crippen molar-refractivity contribution in [3.8, 4) is 0 Å². The Hall–Kier alpha value is -0.270. The van der Waals surface area contributed by atoms with E-state index in [1.54, 1.807) is 23.6 Å². The molecule has 0 aromatic heterocycles. The van der Waals surface area contributed by atoms with E-state index in [9.17, 15) is 13.2 Å². The average Bonchev–Trinajstić information content (AvgIpc) is 2.47. The third-order valence-corrected chi connectivity index (χ3v) is 7.61. The van der Waals surface area contributed by atoms with Crippen LogP contribution in [0.3, 0.4) is 0 Å². The van der Waals surface area contributed by atoms with Gasteiger partial charge in [-0.25, -0.2) is 8.42 Å². The van der Waals surface area contributed by atoms with Gasteiger partial charge in [-0.1, -0.05) is 19.8 Å². The van der Waals surface area contributed by atoms with Gasteiger partial charge < -0.3 is 10.6 Å². The maximum atomic E-state index is 12.7. The highest BCUT2D eigenvalue weighted by Gasteiger charge is 2.40. The number of hydrogen-bond acceptors (Lipinski definition) is 5. The smallest absolute Gasteiger partial charge is 0.228 e. The van der Waals surface area contributed by atoms with Crippen molar-refractivity contribution in [2.45, 2.75) is 44.0 Å². The Labute approximate surface area is 125 Å². The highest BCUT2D eigenvalue weighted by Crippen LogP contribution is 2.29. The number of carbonyl (C=O) groups excluding carboxylic acids is 1. The van der Waals surface area contributed by atoms with Crippen molar-refractivity contribution < 1.29 is 13.2 Å². The van der Waals surface area contributed by atoms with Crippen molar-refractivity contribution in [2.75, 3.05) is 23.8 Å². The zero-order valence-electron chi connectivity index (χ0n) is 12.0. The molecule has 0 spiro atoms. The molecule has 20 heavy (non-hydrogen) atoms. The SMILES string of the molecule is CCS(=O)(=O)C1CSCCN1C(=O)C1CCCCC1N. The third-order valence-electron chi connectivity index (χ3n) is 4.32. The molecule has 1 aliphatic heterocycles. The van der Waals surface area contributed by atoms with Gasteiger partial charge in [0.05, 0.1) is 5.92 Å². The Balaban J connectivity index is 2.17. The fourth-order valence-electron chi connectivity index (χ4n) is 3.00. The maximum Gasteiger partial charge on any atom is 0.228 e. The number of nitrogens with two attached hydrogens (primary N) is 1. The molecule has 2 aliphatic rings. The quantitative estimate of drug-likeness (QED) is 0.833. The Kier molecular flexibility index (Phi) is 5.36. The number of sulfone groups is 1. The van der Waals surface area contributed by atoms with Crippen molar-refractivity contribution in [2.24, 2.45) is 11.7 Å². The first kappa shape index (κ1) is 16.1. The van der Waals surface area contributed by atoms with E-state index in [0.717, 1.165) is 31.4 Å². The summed E-state index contributed by atoms with van der Waals surface area (Å²) in [5, 5.41) is -0.659. The normalized spacial score (nSPS) is 32.1. The van der Waals surface area contributed by atoms with E-state index in [0.29, 0.717) is 12.3 Å². The zero-order valence-corrected chi connectivity index (χ0v) is 13.6. The Morgan fingerprint density at radius 1 is 1.35 bits per heavy atom. The van der Waals surface area contributed by atoms with Gasteiger partial charge in [-0.3, -0.25) is 4.79 Å². The Morgan fingerprint density at radius 3 is 2.70 bits per heavy atom. The van der Waals surface area contributed by atoms with E-state index in [1.165, 1.54) is 0 Å². The van der Waals surface area contributed by atoms with E-state index < -0.39 is 15.2 Å². The predicted molar refractivity (Wildman–Crippen MR) is 82.2 cm³/mol. The van der Waals surface area contributed by atoms with Crippen LogP contribution < -0.4 is 5.73 Å². The molecule has 0 radical (unpaired) electrons. The van der Waals surface area contributed by atoms with Crippen LogP contribution in [0.2, 0.25) is 0 Å². The molecule has 2 rings (SSSR count). The summed E-state index contributed by atoms with van der Waals surface area (Å²) in [7, 11) is -3.23. The minimum atomic E-state index is -3.23. The van der Waals surface area contributed by atoms with Crippen LogP contribution in [0.15, 0.2) is 0 Å². The monoisotopic (exact) mass is 320 g/mol. The van der Waals surface area contributed by atoms with Gasteiger partial charge in [0.25, 0.3) is 0 Å². The second-order valence-corrected chi connectivity index (χ2v) is 9.16. The van der Waals surface area contributed by atoms with Crippen molar-refractivity contribution in [3.05, 3.63) is 0 Å². The molecule has 1 saturated heterocycles. The summed E-state index contributed by atoms with van der Waals surface area (Å²) in [4.78, 5) is 14.3. The molecule has 3 unspecified atom stereocenters. The summed E-state index contributed by atoms with van der Waals surface area (Å²) in [6, 6.07) is -0.115. The molecule has 0 bridgehead atoms. The molecule has 1 amide bonds. The molecule has 1 heterocycles. The lowest BCUT2D eigenvalue weighted by Crippen LogP contribution is -2.55. The molecule has 3 atom stereocenters. The van der Waals surface area contributed by atoms with Crippen molar-refractivity contribution in [3.63, 3.8) is 0 Å². The van der Waals surface area contributed by atoms with E-state index in [2.05, 4.69) is 0 Å². The Bertz CT molecular complexity index is 453. The molecule has 0 aromatic rings. The minimum absolute atomic E-state index is 0.0421. The molecular formula is C13H24N2O3S2. The van der Waals surface area contributed by atoms with E-state index in [1.807, 2.05) is 0 Å². The van der Waals surface area contributed by atoms with E-state index in [4.69, 9.17) is 5.73 Å². The van der Waals surface area contributed by atoms with E-state index in [-0.39, 0.29) is 23.6 Å². The van der Waals surface area contributed by atoms with Crippen LogP contribution in [0.25, 0.3) is 0 Å². The first-order valence-electron chi connectivity index (χ1n) is 7.32. The number of carbonyl (C=O) groups is 1. The third kappa shape index (κ3) is 3.31. The first-order valence-corrected chi connectivity index (χ1v) is 10.2. The van der Waals surface area contributed by atoms with E-state index >= 15 is 0 Å². The number of amides is 1. The van der Waals surface area contributed by atoms with Crippen LogP contribution in [-0.4, -0.2) is 54.4 Å². The van der Waals surface area contributed by atoms with Crippen LogP contribution >= 0.6 is 11.8 Å². The van der Waals surface area contributed by atoms with Gasteiger partial charge >= 0.3 is 0 Å². The van der Waals surface area contributed by atoms with Crippen LogP contribution in [0, 0.1) is 5.92 Å². The van der Waals surface area contributed by atoms with Gasteiger partial charge in [0.1, 0.15) is 5.37 Å². The molecule has 1 aliphatic carbocycles. The molecule has 0 aromatic carbocycles. The van der Waals surface area contributed by atoms with Crippen molar-refractivity contribution >= 4 is 27.5 Å². The first-order chi connectivity index (χ1) is 9.47. The minimum Gasteiger partial charge on any atom is -0.327 e. The lowest BCUT2D eigenvalue weighted by molar-refractivity contribution is -0.137. The molecule has 7 heteroatoms. The molecule has 1 saturated carbocycles. The van der Waals surface area contributed by atoms with Gasteiger partial charge in [0.15, 0.2) is 9.84 Å². The van der Waals surface area contributed by atoms with Gasteiger partial charge in [-0.15, -0.1) is 0 Å². The fraction of sp³-hybridized carbons (Fsp3) is 0.923. The Morgan fingerprint density at radius 2 is 2.05 bits per heavy atom. The fourth-order valence-corrected chi connectivity index (χ4v) is 5.98. The number of hydrogen-bond donors (Lipinski definition) is 1. The number of thioether (sulfide) groups is 1. The molecule has 2 N–H and O–H groups in total. The highest BCUT2D eigenvalue weighted by atomic mass is 32.2. The molecular weight excluding hydrogens is 296 g/mol. The number of rotatable bonds is 3. The van der Waals surface area contributed by atoms with Crippen LogP contribution in [0.4, 0.5) is 0 Å². The second kappa shape index (κ2) is 6.66. The zero-order chi connectivity index (χ0) is 14.8. The second-order valence-electron chi connectivity index (χ2n) is 5.57. The standard InChI is InChI=1S/C13H24N2O3S2/c1-2-20(17,18)12-9-19-8-7-15(12)13(16)10-5-3-4-6-11(10)14/h10-12H,2-9,14H2,1H3. The van der Waals surface area contributed by atoms with Gasteiger partial charge in [0.2, 0.25) is 5.91 Å². The average molecular weight is 320 g/mol. The van der Waals surface area contributed by atoms with Crippen LogP contribution in [0.5, 0.6) is 0 Å². The van der Waals surface area contributed by atoms with Crippen LogP contribution in [-0.2, 0) is 14.6 Å². The summed E-state index contributed by atoms with van der Waals surface area (Å²) in [5.41, 5.74) is 6.07. The predicted octanol–water partition coefficient (Wildman–Crippen LogP) is 0.840. The van der Waals surface area contributed by atoms with Gasteiger partial charge in [0, 0.05) is 29.8 Å². The van der Waals surface area contributed by atoms with Crippen LogP contribution in [0.1, 0.15) is 32.6 Å². The number of nitrogens with zero attached hydrogens (tertiary/aromatic N) is 1. The summed E-state index contributed by atoms with van der Waals surface area (Å²) in [5.74, 6) is 1.15. The topological polar surface area (TPSA) is 80.5 Å². The van der Waals surface area contributed by atoms with Crippen molar-refractivity contribution in [1.82, 2.24) is 4.90 Å². The summed E-state index contributed by atoms with van der Waals surface area (Å²) < 4.78 is 24.4. The van der Waals surface area contributed by atoms with Gasteiger partial charge in [-0.05, 0) is 12.8 Å². The van der Waals surface area contributed by atoms with Gasteiger partial charge in [-0.2, -0.15) is 11.8 Å². The highest BCUT2D eigenvalue weighted by molar-refractivity contribution is 8.01. The molecule has 116 valence electrons. The lowest BCUT2D eigenvalue weighted by atomic mass is 9.84. The molecule has 2 fully saturated rings. The maximum absolute atomic E-state index is 12.7. The summed E-state index contributed by atoms with van der Waals surface area (Å²) in [6.07, 6.45) is 3.74. The summed E-state index contributed by atoms with van der Waals surface area (Å²) in [6.45, 7) is 2.17. The summed E-state index contributed by atoms with van der Waals surface area (Å²) >= 11 is 1.61. The molecule has 5 nitrogen and oxygen atoms in total. The lowest BCUT2D eigenvalue weighted by Gasteiger charge is -2.39. The van der Waals surface area contributed by atoms with Crippen molar-refractivity contribution in [1.29, 1.82) is 0 Å². The largest absolute Gasteiger partial charge is 0.327 e.